The minimum Gasteiger partial charge on any atom is -0.452 e. The number of halogens is 2. The maximum atomic E-state index is 11.7. The monoisotopic (exact) mass is 338 g/mol. The molecule has 1 heterocycles. The number of carbonyl (C=O) groups is 2. The number of nitrogens with one attached hydrogen (secondary N) is 1. The van der Waals surface area contributed by atoms with Crippen molar-refractivity contribution < 1.29 is 14.3 Å². The van der Waals surface area contributed by atoms with Crippen LogP contribution in [0.25, 0.3) is 0 Å². The second kappa shape index (κ2) is 7.77. The molecule has 0 atom stereocenters. The third kappa shape index (κ3) is 4.72. The van der Waals surface area contributed by atoms with Gasteiger partial charge in [-0.1, -0.05) is 29.3 Å². The molecule has 0 fully saturated rings. The molecule has 5 nitrogen and oxygen atoms in total. The van der Waals surface area contributed by atoms with Crippen LogP contribution in [0.2, 0.25) is 10.0 Å². The first-order valence-electron chi connectivity index (χ1n) is 6.34. The number of nitrogens with zero attached hydrogens (tertiary/aromatic N) is 1. The number of esters is 1. The van der Waals surface area contributed by atoms with E-state index < -0.39 is 11.9 Å². The Hall–Kier alpha value is -2.11. The molecule has 1 N–H and O–H groups in total. The number of rotatable bonds is 5. The fourth-order valence-corrected chi connectivity index (χ4v) is 2.08. The molecule has 0 bridgehead atoms. The van der Waals surface area contributed by atoms with Gasteiger partial charge in [0.1, 0.15) is 0 Å². The lowest BCUT2D eigenvalue weighted by Crippen LogP contribution is -2.28. The Labute approximate surface area is 137 Å². The molecule has 0 saturated heterocycles. The smallest absolute Gasteiger partial charge is 0.340 e. The van der Waals surface area contributed by atoms with Gasteiger partial charge in [-0.2, -0.15) is 0 Å². The number of hydrogen-bond acceptors (Lipinski definition) is 4. The van der Waals surface area contributed by atoms with Crippen molar-refractivity contribution in [3.05, 3.63) is 63.9 Å². The van der Waals surface area contributed by atoms with Gasteiger partial charge in [0.2, 0.25) is 0 Å². The number of benzene rings is 1. The average Bonchev–Trinajstić information content (AvgIpc) is 2.52. The molecule has 2 aromatic rings. The molecule has 2 rings (SSSR count). The van der Waals surface area contributed by atoms with Gasteiger partial charge in [0.25, 0.3) is 5.91 Å². The third-order valence-electron chi connectivity index (χ3n) is 2.72. The Morgan fingerprint density at radius 2 is 2.05 bits per heavy atom. The summed E-state index contributed by atoms with van der Waals surface area (Å²) in [7, 11) is 0. The summed E-state index contributed by atoms with van der Waals surface area (Å²) in [6.07, 6.45) is 2.91. The lowest BCUT2D eigenvalue weighted by Gasteiger charge is -2.08. The van der Waals surface area contributed by atoms with E-state index in [0.717, 1.165) is 5.56 Å². The van der Waals surface area contributed by atoms with Gasteiger partial charge in [-0.15, -0.1) is 0 Å². The SMILES string of the molecule is O=C(COC(=O)c1cccnc1)NCc1ccc(Cl)cc1Cl. The summed E-state index contributed by atoms with van der Waals surface area (Å²) < 4.78 is 4.88. The number of carbonyl (C=O) groups excluding carboxylic acids is 2. The first-order chi connectivity index (χ1) is 10.6. The quantitative estimate of drug-likeness (QED) is 0.851. The Morgan fingerprint density at radius 3 is 2.73 bits per heavy atom. The highest BCUT2D eigenvalue weighted by atomic mass is 35.5. The molecule has 1 aromatic carbocycles. The standard InChI is InChI=1S/C15H12Cl2N2O3/c16-12-4-3-10(13(17)6-12)8-19-14(20)9-22-15(21)11-2-1-5-18-7-11/h1-7H,8-9H2,(H,19,20). The summed E-state index contributed by atoms with van der Waals surface area (Å²) in [5.41, 5.74) is 1.01. The van der Waals surface area contributed by atoms with Gasteiger partial charge in [0, 0.05) is 29.0 Å². The molecule has 0 spiro atoms. The molecule has 0 aliphatic carbocycles. The molecule has 0 aliphatic heterocycles. The second-order valence-corrected chi connectivity index (χ2v) is 5.17. The highest BCUT2D eigenvalue weighted by Gasteiger charge is 2.10. The van der Waals surface area contributed by atoms with Crippen molar-refractivity contribution in [1.29, 1.82) is 0 Å². The summed E-state index contributed by atoms with van der Waals surface area (Å²) in [6, 6.07) is 8.15. The van der Waals surface area contributed by atoms with Crippen molar-refractivity contribution in [3.8, 4) is 0 Å². The van der Waals surface area contributed by atoms with Crippen molar-refractivity contribution in [2.75, 3.05) is 6.61 Å². The highest BCUT2D eigenvalue weighted by molar-refractivity contribution is 6.35. The summed E-state index contributed by atoms with van der Waals surface area (Å²) in [6.45, 7) is -0.155. The minimum absolute atomic E-state index is 0.222. The molecular formula is C15H12Cl2N2O3. The number of hydrogen-bond donors (Lipinski definition) is 1. The predicted molar refractivity (Wildman–Crippen MR) is 82.8 cm³/mol. The zero-order chi connectivity index (χ0) is 15.9. The topological polar surface area (TPSA) is 68.3 Å². The van der Waals surface area contributed by atoms with Crippen LogP contribution in [-0.2, 0) is 16.1 Å². The van der Waals surface area contributed by atoms with Crippen molar-refractivity contribution in [3.63, 3.8) is 0 Å². The molecule has 1 amide bonds. The number of amides is 1. The van der Waals surface area contributed by atoms with Gasteiger partial charge in [-0.25, -0.2) is 4.79 Å². The van der Waals surface area contributed by atoms with E-state index in [1.54, 1.807) is 36.5 Å². The maximum Gasteiger partial charge on any atom is 0.340 e. The molecule has 0 aliphatic rings. The number of pyridine rings is 1. The van der Waals surface area contributed by atoms with E-state index in [1.165, 1.54) is 6.20 Å². The van der Waals surface area contributed by atoms with Crippen LogP contribution in [0.1, 0.15) is 15.9 Å². The van der Waals surface area contributed by atoms with Crippen LogP contribution in [0.3, 0.4) is 0 Å². The summed E-state index contributed by atoms with van der Waals surface area (Å²) >= 11 is 11.8. The second-order valence-electron chi connectivity index (χ2n) is 4.33. The third-order valence-corrected chi connectivity index (χ3v) is 3.31. The molecule has 22 heavy (non-hydrogen) atoms. The first-order valence-corrected chi connectivity index (χ1v) is 7.09. The molecule has 0 radical (unpaired) electrons. The van der Waals surface area contributed by atoms with E-state index in [4.69, 9.17) is 27.9 Å². The fraction of sp³-hybridized carbons (Fsp3) is 0.133. The number of ether oxygens (including phenoxy) is 1. The van der Waals surface area contributed by atoms with Crippen molar-refractivity contribution in [2.45, 2.75) is 6.54 Å². The Kier molecular flexibility index (Phi) is 5.75. The molecule has 0 unspecified atom stereocenters. The van der Waals surface area contributed by atoms with Crippen LogP contribution in [0.4, 0.5) is 0 Å². The lowest BCUT2D eigenvalue weighted by molar-refractivity contribution is -0.124. The molecule has 114 valence electrons. The minimum atomic E-state index is -0.604. The number of aromatic nitrogens is 1. The Morgan fingerprint density at radius 1 is 1.23 bits per heavy atom. The fourth-order valence-electron chi connectivity index (χ4n) is 1.61. The molecular weight excluding hydrogens is 327 g/mol. The highest BCUT2D eigenvalue weighted by Crippen LogP contribution is 2.20. The zero-order valence-corrected chi connectivity index (χ0v) is 12.9. The van der Waals surface area contributed by atoms with E-state index in [2.05, 4.69) is 10.3 Å². The van der Waals surface area contributed by atoms with Crippen LogP contribution < -0.4 is 5.32 Å². The average molecular weight is 339 g/mol. The Bertz CT molecular complexity index is 678. The van der Waals surface area contributed by atoms with E-state index in [-0.39, 0.29) is 18.7 Å². The largest absolute Gasteiger partial charge is 0.452 e. The normalized spacial score (nSPS) is 10.1. The van der Waals surface area contributed by atoms with Crippen LogP contribution in [0.5, 0.6) is 0 Å². The van der Waals surface area contributed by atoms with E-state index in [1.807, 2.05) is 0 Å². The molecule has 7 heteroatoms. The lowest BCUT2D eigenvalue weighted by atomic mass is 10.2. The van der Waals surface area contributed by atoms with Crippen LogP contribution >= 0.6 is 23.2 Å². The van der Waals surface area contributed by atoms with Crippen LogP contribution in [0, 0.1) is 0 Å². The van der Waals surface area contributed by atoms with Gasteiger partial charge < -0.3 is 10.1 Å². The van der Waals surface area contributed by atoms with Crippen LogP contribution in [0.15, 0.2) is 42.7 Å². The van der Waals surface area contributed by atoms with Crippen molar-refractivity contribution in [2.24, 2.45) is 0 Å². The summed E-state index contributed by atoms with van der Waals surface area (Å²) in [5, 5.41) is 3.58. The first kappa shape index (κ1) is 16.3. The van der Waals surface area contributed by atoms with Crippen molar-refractivity contribution in [1.82, 2.24) is 10.3 Å². The summed E-state index contributed by atoms with van der Waals surface area (Å²) in [4.78, 5) is 27.1. The van der Waals surface area contributed by atoms with Gasteiger partial charge in [0.05, 0.1) is 5.56 Å². The zero-order valence-electron chi connectivity index (χ0n) is 11.4. The summed E-state index contributed by atoms with van der Waals surface area (Å²) in [5.74, 6) is -1.03. The van der Waals surface area contributed by atoms with Gasteiger partial charge in [0.15, 0.2) is 6.61 Å². The van der Waals surface area contributed by atoms with Crippen molar-refractivity contribution >= 4 is 35.1 Å². The van der Waals surface area contributed by atoms with Crippen LogP contribution in [-0.4, -0.2) is 23.5 Å². The van der Waals surface area contributed by atoms with Gasteiger partial charge in [-0.3, -0.25) is 9.78 Å². The Balaban J connectivity index is 1.80. The van der Waals surface area contributed by atoms with E-state index in [9.17, 15) is 9.59 Å². The molecule has 1 aromatic heterocycles. The van der Waals surface area contributed by atoms with Gasteiger partial charge in [-0.05, 0) is 29.8 Å². The molecule has 0 saturated carbocycles. The van der Waals surface area contributed by atoms with E-state index in [0.29, 0.717) is 10.0 Å². The maximum absolute atomic E-state index is 11.7. The van der Waals surface area contributed by atoms with Gasteiger partial charge >= 0.3 is 5.97 Å². The van der Waals surface area contributed by atoms with E-state index >= 15 is 0 Å². The predicted octanol–water partition coefficient (Wildman–Crippen LogP) is 2.86.